The predicted molar refractivity (Wildman–Crippen MR) is 68.2 cm³/mol. The Kier molecular flexibility index (Phi) is 4.22. The summed E-state index contributed by atoms with van der Waals surface area (Å²) < 4.78 is 44.3. The Labute approximate surface area is 116 Å². The highest BCUT2D eigenvalue weighted by Crippen LogP contribution is 2.35. The van der Waals surface area contributed by atoms with Gasteiger partial charge in [0.2, 0.25) is 0 Å². The zero-order valence-corrected chi connectivity index (χ0v) is 11.2. The van der Waals surface area contributed by atoms with Crippen LogP contribution >= 0.6 is 0 Å². The van der Waals surface area contributed by atoms with Gasteiger partial charge in [0.15, 0.2) is 0 Å². The third-order valence-electron chi connectivity index (χ3n) is 3.74. The first-order chi connectivity index (χ1) is 9.41. The fraction of sp³-hybridized carbons (Fsp3) is 0.533. The molecule has 5 heteroatoms. The van der Waals surface area contributed by atoms with Crippen molar-refractivity contribution >= 4 is 0 Å². The van der Waals surface area contributed by atoms with Crippen molar-refractivity contribution in [1.29, 1.82) is 5.26 Å². The number of ether oxygens (including phenoxy) is 1. The molecule has 108 valence electrons. The molecule has 0 aromatic heterocycles. The smallest absolute Gasteiger partial charge is 0.417 e. The van der Waals surface area contributed by atoms with Gasteiger partial charge in [0.25, 0.3) is 0 Å². The van der Waals surface area contributed by atoms with Crippen molar-refractivity contribution in [2.45, 2.75) is 44.9 Å². The van der Waals surface area contributed by atoms with E-state index in [0.29, 0.717) is 5.92 Å². The predicted octanol–water partition coefficient (Wildman–Crippen LogP) is 4.53. The average Bonchev–Trinajstić information content (AvgIpc) is 2.40. The van der Waals surface area contributed by atoms with Gasteiger partial charge in [0, 0.05) is 0 Å². The van der Waals surface area contributed by atoms with E-state index >= 15 is 0 Å². The topological polar surface area (TPSA) is 33.0 Å². The van der Waals surface area contributed by atoms with Crippen molar-refractivity contribution in [3.8, 4) is 11.8 Å². The molecule has 0 bridgehead atoms. The third kappa shape index (κ3) is 3.24. The van der Waals surface area contributed by atoms with Crippen LogP contribution in [0.3, 0.4) is 0 Å². The van der Waals surface area contributed by atoms with Crippen LogP contribution < -0.4 is 4.74 Å². The van der Waals surface area contributed by atoms with Gasteiger partial charge in [-0.05, 0) is 43.4 Å². The minimum atomic E-state index is -4.54. The first-order valence-electron chi connectivity index (χ1n) is 6.70. The van der Waals surface area contributed by atoms with Crippen LogP contribution in [0.15, 0.2) is 18.2 Å². The second-order valence-electron chi connectivity index (χ2n) is 5.23. The summed E-state index contributed by atoms with van der Waals surface area (Å²) >= 11 is 0. The fourth-order valence-electron chi connectivity index (χ4n) is 2.56. The zero-order valence-electron chi connectivity index (χ0n) is 11.2. The fourth-order valence-corrected chi connectivity index (χ4v) is 2.56. The number of alkyl halides is 3. The van der Waals surface area contributed by atoms with Gasteiger partial charge in [-0.1, -0.05) is 13.3 Å². The van der Waals surface area contributed by atoms with Gasteiger partial charge in [-0.15, -0.1) is 0 Å². The Morgan fingerprint density at radius 2 is 1.95 bits per heavy atom. The van der Waals surface area contributed by atoms with E-state index in [9.17, 15) is 13.2 Å². The van der Waals surface area contributed by atoms with Gasteiger partial charge < -0.3 is 4.74 Å². The lowest BCUT2D eigenvalue weighted by molar-refractivity contribution is -0.137. The van der Waals surface area contributed by atoms with Crippen molar-refractivity contribution < 1.29 is 17.9 Å². The molecule has 2 unspecified atom stereocenters. The molecule has 2 atom stereocenters. The van der Waals surface area contributed by atoms with Gasteiger partial charge in [0.1, 0.15) is 11.9 Å². The second-order valence-corrected chi connectivity index (χ2v) is 5.23. The van der Waals surface area contributed by atoms with E-state index in [4.69, 9.17) is 10.00 Å². The normalized spacial score (nSPS) is 23.1. The Morgan fingerprint density at radius 3 is 2.55 bits per heavy atom. The minimum absolute atomic E-state index is 0.0437. The first-order valence-corrected chi connectivity index (χ1v) is 6.70. The Hall–Kier alpha value is -1.70. The molecule has 2 nitrogen and oxygen atoms in total. The van der Waals surface area contributed by atoms with Crippen molar-refractivity contribution in [2.24, 2.45) is 5.92 Å². The summed E-state index contributed by atoms with van der Waals surface area (Å²) in [5, 5.41) is 8.75. The molecule has 20 heavy (non-hydrogen) atoms. The van der Waals surface area contributed by atoms with E-state index in [1.807, 2.05) is 0 Å². The van der Waals surface area contributed by atoms with Crippen LogP contribution in [-0.4, -0.2) is 6.10 Å². The lowest BCUT2D eigenvalue weighted by atomic mass is 9.88. The van der Waals surface area contributed by atoms with E-state index in [0.717, 1.165) is 31.7 Å². The molecular weight excluding hydrogens is 267 g/mol. The van der Waals surface area contributed by atoms with E-state index in [2.05, 4.69) is 6.92 Å². The summed E-state index contributed by atoms with van der Waals surface area (Å²) in [5.41, 5.74) is -1.30. The Bertz CT molecular complexity index is 519. The standard InChI is InChI=1S/C15H16F3NO/c1-10-4-2-3-5-14(10)20-12-7-6-11(9-19)13(8-12)15(16,17)18/h6-8,10,14H,2-5H2,1H3. The zero-order chi connectivity index (χ0) is 14.8. The van der Waals surface area contributed by atoms with Crippen molar-refractivity contribution in [2.75, 3.05) is 0 Å². The monoisotopic (exact) mass is 283 g/mol. The molecule has 0 heterocycles. The molecular formula is C15H16F3NO. The second kappa shape index (κ2) is 5.74. The molecule has 0 N–H and O–H groups in total. The van der Waals surface area contributed by atoms with Crippen molar-refractivity contribution in [1.82, 2.24) is 0 Å². The molecule has 0 radical (unpaired) electrons. The van der Waals surface area contributed by atoms with E-state index in [1.165, 1.54) is 12.1 Å². The Balaban J connectivity index is 2.23. The van der Waals surface area contributed by atoms with E-state index < -0.39 is 11.7 Å². The molecule has 2 rings (SSSR count). The molecule has 0 amide bonds. The molecule has 0 aliphatic heterocycles. The SMILES string of the molecule is CC1CCCCC1Oc1ccc(C#N)c(C(F)(F)F)c1. The highest BCUT2D eigenvalue weighted by Gasteiger charge is 2.34. The largest absolute Gasteiger partial charge is 0.490 e. The maximum atomic E-state index is 12.9. The van der Waals surface area contributed by atoms with Crippen LogP contribution in [0.2, 0.25) is 0 Å². The van der Waals surface area contributed by atoms with Crippen molar-refractivity contribution in [3.05, 3.63) is 29.3 Å². The van der Waals surface area contributed by atoms with Crippen LogP contribution in [0.1, 0.15) is 43.7 Å². The number of halogens is 3. The van der Waals surface area contributed by atoms with E-state index in [1.54, 1.807) is 6.07 Å². The van der Waals surface area contributed by atoms with Gasteiger partial charge in [-0.2, -0.15) is 18.4 Å². The van der Waals surface area contributed by atoms with Crippen molar-refractivity contribution in [3.63, 3.8) is 0 Å². The number of nitrogens with zero attached hydrogens (tertiary/aromatic N) is 1. The van der Waals surface area contributed by atoms with Gasteiger partial charge in [0.05, 0.1) is 17.2 Å². The molecule has 1 aliphatic carbocycles. The van der Waals surface area contributed by atoms with Gasteiger partial charge >= 0.3 is 6.18 Å². The maximum Gasteiger partial charge on any atom is 0.417 e. The highest BCUT2D eigenvalue weighted by molar-refractivity contribution is 5.44. The molecule has 0 saturated heterocycles. The van der Waals surface area contributed by atoms with Gasteiger partial charge in [-0.3, -0.25) is 0 Å². The van der Waals surface area contributed by atoms with Crippen LogP contribution in [-0.2, 0) is 6.18 Å². The summed E-state index contributed by atoms with van der Waals surface area (Å²) in [4.78, 5) is 0. The molecule has 1 aliphatic rings. The summed E-state index contributed by atoms with van der Waals surface area (Å²) in [5.74, 6) is 0.531. The average molecular weight is 283 g/mol. The van der Waals surface area contributed by atoms with Crippen LogP contribution in [0.5, 0.6) is 5.75 Å². The third-order valence-corrected chi connectivity index (χ3v) is 3.74. The number of benzene rings is 1. The molecule has 1 fully saturated rings. The lowest BCUT2D eigenvalue weighted by Gasteiger charge is -2.29. The van der Waals surface area contributed by atoms with Crippen LogP contribution in [0, 0.1) is 17.2 Å². The van der Waals surface area contributed by atoms with Crippen LogP contribution in [0.4, 0.5) is 13.2 Å². The van der Waals surface area contributed by atoms with E-state index in [-0.39, 0.29) is 17.4 Å². The summed E-state index contributed by atoms with van der Waals surface area (Å²) in [7, 11) is 0. The highest BCUT2D eigenvalue weighted by atomic mass is 19.4. The minimum Gasteiger partial charge on any atom is -0.490 e. The Morgan fingerprint density at radius 1 is 1.25 bits per heavy atom. The molecule has 0 spiro atoms. The molecule has 1 aromatic rings. The maximum absolute atomic E-state index is 12.9. The lowest BCUT2D eigenvalue weighted by Crippen LogP contribution is -2.28. The molecule has 1 aromatic carbocycles. The number of hydrogen-bond acceptors (Lipinski definition) is 2. The number of hydrogen-bond donors (Lipinski definition) is 0. The van der Waals surface area contributed by atoms with Gasteiger partial charge in [-0.25, -0.2) is 0 Å². The summed E-state index contributed by atoms with van der Waals surface area (Å²) in [6, 6.07) is 5.11. The first kappa shape index (κ1) is 14.7. The summed E-state index contributed by atoms with van der Waals surface area (Å²) in [6.07, 6.45) is -0.504. The van der Waals surface area contributed by atoms with Crippen LogP contribution in [0.25, 0.3) is 0 Å². The number of nitriles is 1. The number of rotatable bonds is 2. The quantitative estimate of drug-likeness (QED) is 0.798. The molecule has 1 saturated carbocycles. The summed E-state index contributed by atoms with van der Waals surface area (Å²) in [6.45, 7) is 2.05.